The Balaban J connectivity index is 3.09. The maximum Gasteiger partial charge on any atom is 0.129 e. The molecule has 2 nitrogen and oxygen atoms in total. The van der Waals surface area contributed by atoms with Crippen molar-refractivity contribution in [1.82, 2.24) is 5.43 Å². The molecule has 0 aromatic carbocycles. The van der Waals surface area contributed by atoms with Gasteiger partial charge in [0.1, 0.15) is 7.85 Å². The molecule has 0 unspecified atom stereocenters. The Morgan fingerprint density at radius 3 is 2.86 bits per heavy atom. The van der Waals surface area contributed by atoms with Gasteiger partial charge < -0.3 is 5.43 Å². The molecule has 0 aromatic heterocycles. The first kappa shape index (κ1) is 6.27. The van der Waals surface area contributed by atoms with Gasteiger partial charge in [-0.05, 0) is 0 Å². The molecular weight excluding hydrogens is 86.9 g/mol. The molecule has 0 aliphatic heterocycles. The van der Waals surface area contributed by atoms with Gasteiger partial charge in [0.05, 0.1) is 0 Å². The Labute approximate surface area is 44.7 Å². The van der Waals surface area contributed by atoms with Crippen LogP contribution in [0.4, 0.5) is 0 Å². The van der Waals surface area contributed by atoms with Crippen molar-refractivity contribution in [2.45, 2.75) is 0 Å². The van der Waals surface area contributed by atoms with Gasteiger partial charge in [-0.3, -0.25) is 0 Å². The summed E-state index contributed by atoms with van der Waals surface area (Å²) in [5.74, 6) is 1.92. The molecule has 0 heterocycles. The molecule has 0 aliphatic carbocycles. The normalized spacial score (nSPS) is 11.0. The summed E-state index contributed by atoms with van der Waals surface area (Å²) in [6, 6.07) is 0. The van der Waals surface area contributed by atoms with Gasteiger partial charge in [-0.25, -0.2) is 0 Å². The highest BCUT2D eigenvalue weighted by molar-refractivity contribution is 6.18. The third-order valence-electron chi connectivity index (χ3n) is 0.482. The molecule has 0 rings (SSSR count). The zero-order valence-corrected chi connectivity index (χ0v) is 4.68. The van der Waals surface area contributed by atoms with E-state index in [-0.39, 0.29) is 0 Å². The summed E-state index contributed by atoms with van der Waals surface area (Å²) >= 11 is 0. The average Bonchev–Trinajstić information content (AvgIpc) is 1.69. The van der Waals surface area contributed by atoms with Gasteiger partial charge in [0.25, 0.3) is 0 Å². The van der Waals surface area contributed by atoms with Gasteiger partial charge in [0.2, 0.25) is 0 Å². The largest absolute Gasteiger partial charge is 0.313 e. The van der Waals surface area contributed by atoms with Gasteiger partial charge in [-0.15, -0.1) is 5.98 Å². The van der Waals surface area contributed by atoms with Crippen LogP contribution in [0.15, 0.2) is 17.2 Å². The third kappa shape index (κ3) is 5.27. The first-order valence-corrected chi connectivity index (χ1v) is 2.23. The topological polar surface area (TPSA) is 24.4 Å². The minimum absolute atomic E-state index is 1.69. The lowest BCUT2D eigenvalue weighted by molar-refractivity contribution is 0.909. The van der Waals surface area contributed by atoms with Crippen molar-refractivity contribution in [3.05, 3.63) is 12.1 Å². The maximum atomic E-state index is 3.70. The third-order valence-corrected chi connectivity index (χ3v) is 0.482. The monoisotopic (exact) mass is 96.1 g/mol. The predicted octanol–water partition coefficient (Wildman–Crippen LogP) is -0.662. The number of allylic oxidation sites excluding steroid dienone is 1. The Morgan fingerprint density at radius 1 is 1.71 bits per heavy atom. The summed E-state index contributed by atoms with van der Waals surface area (Å²) in [7, 11) is 3.71. The van der Waals surface area contributed by atoms with Crippen LogP contribution in [0.1, 0.15) is 0 Å². The van der Waals surface area contributed by atoms with Crippen molar-refractivity contribution >= 4 is 14.1 Å². The van der Waals surface area contributed by atoms with Crippen molar-refractivity contribution in [3.63, 3.8) is 0 Å². The van der Waals surface area contributed by atoms with Crippen LogP contribution < -0.4 is 5.43 Å². The van der Waals surface area contributed by atoms with E-state index in [1.165, 1.54) is 0 Å². The van der Waals surface area contributed by atoms with Crippen LogP contribution >= 0.6 is 0 Å². The molecule has 0 fully saturated rings. The minimum atomic E-state index is 1.69. The van der Waals surface area contributed by atoms with Gasteiger partial charge in [0, 0.05) is 13.3 Å². The van der Waals surface area contributed by atoms with Crippen LogP contribution in [0.3, 0.4) is 0 Å². The van der Waals surface area contributed by atoms with E-state index < -0.39 is 0 Å². The Morgan fingerprint density at radius 2 is 2.43 bits per heavy atom. The fraction of sp³-hybridized carbons (Fsp3) is 0.250. The highest BCUT2D eigenvalue weighted by atomic mass is 15.3. The highest BCUT2D eigenvalue weighted by Gasteiger charge is 1.54. The fourth-order valence-corrected chi connectivity index (χ4v) is 0.204. The van der Waals surface area contributed by atoms with Gasteiger partial charge in [-0.1, -0.05) is 6.08 Å². The zero-order chi connectivity index (χ0) is 5.54. The second-order valence-corrected chi connectivity index (χ2v) is 1.03. The zero-order valence-electron chi connectivity index (χ0n) is 4.68. The van der Waals surface area contributed by atoms with Crippen molar-refractivity contribution < 1.29 is 0 Å². The highest BCUT2D eigenvalue weighted by Crippen LogP contribution is 1.56. The van der Waals surface area contributed by atoms with E-state index in [9.17, 15) is 0 Å². The van der Waals surface area contributed by atoms with Crippen molar-refractivity contribution in [3.8, 4) is 0 Å². The Kier molecular flexibility index (Phi) is 4.73. The van der Waals surface area contributed by atoms with Crippen LogP contribution in [0, 0.1) is 0 Å². The number of nitrogens with zero attached hydrogens (tertiary/aromatic N) is 1. The number of nitrogens with one attached hydrogen (secondary N) is 1. The summed E-state index contributed by atoms with van der Waals surface area (Å²) in [6.45, 7) is 0. The molecule has 7 heavy (non-hydrogen) atoms. The van der Waals surface area contributed by atoms with Gasteiger partial charge in [0.15, 0.2) is 0 Å². The van der Waals surface area contributed by atoms with Crippen molar-refractivity contribution in [2.75, 3.05) is 7.05 Å². The summed E-state index contributed by atoms with van der Waals surface area (Å²) in [5, 5.41) is 3.70. The number of hydrogen-bond acceptors (Lipinski definition) is 2. The molecule has 0 bridgehead atoms. The fourth-order valence-electron chi connectivity index (χ4n) is 0.204. The molecule has 0 spiro atoms. The summed E-state index contributed by atoms with van der Waals surface area (Å²) in [6.07, 6.45) is 3.55. The summed E-state index contributed by atoms with van der Waals surface area (Å²) < 4.78 is 0. The SMILES string of the molecule is B/C=C/C=N\NC. The molecule has 0 aromatic rings. The molecule has 0 radical (unpaired) electrons. The predicted molar refractivity (Wildman–Crippen MR) is 35.2 cm³/mol. The van der Waals surface area contributed by atoms with Crippen molar-refractivity contribution in [1.29, 1.82) is 0 Å². The molecule has 38 valence electrons. The van der Waals surface area contributed by atoms with Crippen LogP contribution in [0.25, 0.3) is 0 Å². The molecule has 0 atom stereocenters. The second-order valence-electron chi connectivity index (χ2n) is 1.03. The number of rotatable bonds is 2. The second kappa shape index (κ2) is 5.27. The lowest BCUT2D eigenvalue weighted by Crippen LogP contribution is -1.91. The van der Waals surface area contributed by atoms with E-state index in [0.29, 0.717) is 0 Å². The molecule has 1 N–H and O–H groups in total. The van der Waals surface area contributed by atoms with Crippen LogP contribution in [0.2, 0.25) is 0 Å². The Hall–Kier alpha value is -0.725. The number of hydrazone groups is 1. The van der Waals surface area contributed by atoms with E-state index in [2.05, 4.69) is 10.5 Å². The van der Waals surface area contributed by atoms with E-state index in [4.69, 9.17) is 0 Å². The molecule has 3 heteroatoms. The van der Waals surface area contributed by atoms with E-state index in [1.54, 1.807) is 13.3 Å². The average molecular weight is 95.9 g/mol. The lowest BCUT2D eigenvalue weighted by atomic mass is 10.1. The first-order valence-electron chi connectivity index (χ1n) is 2.23. The Bertz CT molecular complexity index is 77.8. The van der Waals surface area contributed by atoms with Crippen molar-refractivity contribution in [2.24, 2.45) is 5.10 Å². The quantitative estimate of drug-likeness (QED) is 0.275. The first-order chi connectivity index (χ1) is 3.41. The van der Waals surface area contributed by atoms with Crippen LogP contribution in [-0.4, -0.2) is 21.1 Å². The summed E-state index contributed by atoms with van der Waals surface area (Å²) in [4.78, 5) is 0. The molecule has 0 saturated carbocycles. The van der Waals surface area contributed by atoms with Gasteiger partial charge >= 0.3 is 0 Å². The lowest BCUT2D eigenvalue weighted by Gasteiger charge is -1.77. The molecular formula is C4H9BN2. The van der Waals surface area contributed by atoms with E-state index in [1.807, 2.05) is 19.9 Å². The standard InChI is InChI=1S/C4H9BN2/c1-6-7-4-2-3-5/h2-4,6H,5H2,1H3/b3-2+,7-4-. The molecule has 0 aliphatic rings. The van der Waals surface area contributed by atoms with Gasteiger partial charge in [-0.2, -0.15) is 5.10 Å². The molecule has 0 saturated heterocycles. The number of hydrogen-bond donors (Lipinski definition) is 1. The van der Waals surface area contributed by atoms with E-state index >= 15 is 0 Å². The van der Waals surface area contributed by atoms with Crippen LogP contribution in [0.5, 0.6) is 0 Å². The van der Waals surface area contributed by atoms with Crippen LogP contribution in [-0.2, 0) is 0 Å². The summed E-state index contributed by atoms with van der Waals surface area (Å²) in [5.41, 5.74) is 2.62. The molecule has 0 amide bonds. The smallest absolute Gasteiger partial charge is 0.129 e. The van der Waals surface area contributed by atoms with E-state index in [0.717, 1.165) is 0 Å². The maximum absolute atomic E-state index is 3.70. The minimum Gasteiger partial charge on any atom is -0.313 e.